The second-order valence-electron chi connectivity index (χ2n) is 11.7. The summed E-state index contributed by atoms with van der Waals surface area (Å²) in [4.78, 5) is 8.60. The van der Waals surface area contributed by atoms with Crippen molar-refractivity contribution < 1.29 is 27.0 Å². The zero-order valence-electron chi connectivity index (χ0n) is 29.5. The molecule has 0 N–H and O–H groups in total. The van der Waals surface area contributed by atoms with Crippen LogP contribution in [0.2, 0.25) is 0 Å². The van der Waals surface area contributed by atoms with Gasteiger partial charge in [0.15, 0.2) is 0 Å². The number of halogens is 4. The Balaban J connectivity index is 0.000000275. The quantitative estimate of drug-likeness (QED) is 0.111. The first kappa shape index (κ1) is 40.6. The Morgan fingerprint density at radius 2 is 1.19 bits per heavy atom. The highest BCUT2D eigenvalue weighted by molar-refractivity contribution is 5.67. The van der Waals surface area contributed by atoms with Gasteiger partial charge in [-0.15, -0.1) is 0 Å². The first-order valence-corrected chi connectivity index (χ1v) is 17.0. The Labute approximate surface area is 285 Å². The molecule has 2 aromatic carbocycles. The standard InChI is InChI=1S/C17H17F2NO.C15H15F2NO.C6H14.C2H6/c1-17(18,19)21-11-14-4-2-3-5-15(14)13-8-9-16(20-10-13)12-6-7-12;1-11-7-13(9-18-8-11)14-6-4-3-5-12(14)10-19-15(2,16)17;1-3-5-6-4-2;1-2/h2-5,8-10,12H,6-7,11H2,1H3;3-9H,10H2,1-2H3;3-6H2,1-2H3;1-2H3. The van der Waals surface area contributed by atoms with E-state index in [-0.39, 0.29) is 13.2 Å². The molecule has 2 aromatic heterocycles. The molecule has 0 bridgehead atoms. The summed E-state index contributed by atoms with van der Waals surface area (Å²) < 4.78 is 60.4. The fourth-order valence-electron chi connectivity index (χ4n) is 4.65. The molecule has 1 aliphatic rings. The van der Waals surface area contributed by atoms with Gasteiger partial charge >= 0.3 is 12.2 Å². The summed E-state index contributed by atoms with van der Waals surface area (Å²) in [6, 6.07) is 20.7. The molecule has 4 aromatic rings. The van der Waals surface area contributed by atoms with Crippen molar-refractivity contribution in [2.24, 2.45) is 0 Å². The Kier molecular flexibility index (Phi) is 17.5. The fraction of sp³-hybridized carbons (Fsp3) is 0.450. The van der Waals surface area contributed by atoms with E-state index in [1.54, 1.807) is 30.6 Å². The summed E-state index contributed by atoms with van der Waals surface area (Å²) in [5.41, 5.74) is 7.18. The Hall–Kier alpha value is -3.62. The summed E-state index contributed by atoms with van der Waals surface area (Å²) in [6.07, 6.45) is 6.99. The molecule has 5 rings (SSSR count). The minimum absolute atomic E-state index is 0.121. The van der Waals surface area contributed by atoms with Crippen molar-refractivity contribution in [3.63, 3.8) is 0 Å². The van der Waals surface area contributed by atoms with Crippen LogP contribution < -0.4 is 0 Å². The lowest BCUT2D eigenvalue weighted by Gasteiger charge is -2.14. The van der Waals surface area contributed by atoms with Crippen LogP contribution in [0.5, 0.6) is 0 Å². The molecule has 0 unspecified atom stereocenters. The molecule has 1 aliphatic carbocycles. The van der Waals surface area contributed by atoms with Gasteiger partial charge < -0.3 is 9.47 Å². The molecular formula is C40H52F4N2O2. The summed E-state index contributed by atoms with van der Waals surface area (Å²) >= 11 is 0. The van der Waals surface area contributed by atoms with Gasteiger partial charge in [0.1, 0.15) is 0 Å². The SMILES string of the molecule is CC.CC(F)(F)OCc1ccccc1-c1ccc(C2CC2)nc1.CCCCCC.Cc1cncc(-c2ccccc2COC(C)(F)F)c1. The number of hydrogen-bond acceptors (Lipinski definition) is 4. The van der Waals surface area contributed by atoms with Crippen LogP contribution in [-0.4, -0.2) is 22.2 Å². The average Bonchev–Trinajstić information content (AvgIpc) is 3.93. The zero-order valence-corrected chi connectivity index (χ0v) is 29.5. The van der Waals surface area contributed by atoms with Crippen LogP contribution in [0.25, 0.3) is 22.3 Å². The van der Waals surface area contributed by atoms with E-state index in [4.69, 9.17) is 0 Å². The number of ether oxygens (including phenoxy) is 2. The second kappa shape index (κ2) is 20.7. The van der Waals surface area contributed by atoms with Gasteiger partial charge in [-0.25, -0.2) is 0 Å². The molecule has 2 heterocycles. The zero-order chi connectivity index (χ0) is 35.6. The van der Waals surface area contributed by atoms with Crippen molar-refractivity contribution in [2.75, 3.05) is 0 Å². The van der Waals surface area contributed by atoms with Crippen LogP contribution >= 0.6 is 0 Å². The van der Waals surface area contributed by atoms with E-state index in [1.807, 2.05) is 75.5 Å². The van der Waals surface area contributed by atoms with Crippen LogP contribution in [0.15, 0.2) is 85.3 Å². The number of rotatable bonds is 12. The molecule has 1 saturated carbocycles. The molecule has 48 heavy (non-hydrogen) atoms. The van der Waals surface area contributed by atoms with Gasteiger partial charge in [-0.2, -0.15) is 17.6 Å². The summed E-state index contributed by atoms with van der Waals surface area (Å²) in [5, 5.41) is 0. The van der Waals surface area contributed by atoms with Gasteiger partial charge in [0, 0.05) is 55.2 Å². The molecule has 0 spiro atoms. The maximum absolute atomic E-state index is 12.9. The van der Waals surface area contributed by atoms with Crippen molar-refractivity contribution in [1.82, 2.24) is 9.97 Å². The van der Waals surface area contributed by atoms with E-state index in [2.05, 4.69) is 33.3 Å². The predicted molar refractivity (Wildman–Crippen MR) is 188 cm³/mol. The van der Waals surface area contributed by atoms with Crippen LogP contribution in [0.3, 0.4) is 0 Å². The molecule has 0 amide bonds. The number of nitrogens with zero attached hydrogens (tertiary/aromatic N) is 2. The third-order valence-electron chi connectivity index (χ3n) is 7.23. The van der Waals surface area contributed by atoms with Gasteiger partial charge in [-0.1, -0.05) is 108 Å². The summed E-state index contributed by atoms with van der Waals surface area (Å²) in [5.74, 6) is 0.608. The van der Waals surface area contributed by atoms with Gasteiger partial charge in [0.25, 0.3) is 0 Å². The lowest BCUT2D eigenvalue weighted by Crippen LogP contribution is -2.15. The Morgan fingerprint density at radius 1 is 0.688 bits per heavy atom. The lowest BCUT2D eigenvalue weighted by molar-refractivity contribution is -0.231. The number of unbranched alkanes of at least 4 members (excludes halogenated alkanes) is 3. The summed E-state index contributed by atoms with van der Waals surface area (Å²) in [6.45, 7) is 11.6. The predicted octanol–water partition coefficient (Wildman–Crippen LogP) is 12.6. The number of alkyl halides is 4. The maximum atomic E-state index is 12.9. The molecule has 4 nitrogen and oxygen atoms in total. The van der Waals surface area contributed by atoms with Gasteiger partial charge in [0.05, 0.1) is 13.2 Å². The first-order valence-electron chi connectivity index (χ1n) is 17.0. The minimum Gasteiger partial charge on any atom is -0.316 e. The third-order valence-corrected chi connectivity index (χ3v) is 7.23. The summed E-state index contributed by atoms with van der Waals surface area (Å²) in [7, 11) is 0. The topological polar surface area (TPSA) is 44.2 Å². The highest BCUT2D eigenvalue weighted by atomic mass is 19.3. The van der Waals surface area contributed by atoms with Gasteiger partial charge in [-0.05, 0) is 59.7 Å². The van der Waals surface area contributed by atoms with Crippen molar-refractivity contribution in [2.45, 2.75) is 118 Å². The number of benzene rings is 2. The van der Waals surface area contributed by atoms with E-state index >= 15 is 0 Å². The largest absolute Gasteiger partial charge is 0.353 e. The van der Waals surface area contributed by atoms with Crippen molar-refractivity contribution >= 4 is 0 Å². The third kappa shape index (κ3) is 15.5. The normalized spacial score (nSPS) is 12.5. The molecule has 0 radical (unpaired) electrons. The lowest BCUT2D eigenvalue weighted by atomic mass is 10.0. The smallest absolute Gasteiger partial charge is 0.316 e. The fourth-order valence-corrected chi connectivity index (χ4v) is 4.65. The number of aryl methyl sites for hydroxylation is 1. The number of aromatic nitrogens is 2. The van der Waals surface area contributed by atoms with E-state index < -0.39 is 12.2 Å². The molecule has 0 saturated heterocycles. The van der Waals surface area contributed by atoms with Crippen molar-refractivity contribution in [3.8, 4) is 22.3 Å². The van der Waals surface area contributed by atoms with Crippen LogP contribution in [0.4, 0.5) is 17.6 Å². The Morgan fingerprint density at radius 3 is 1.60 bits per heavy atom. The number of hydrogen-bond donors (Lipinski definition) is 0. The van der Waals surface area contributed by atoms with Gasteiger partial charge in [-0.3, -0.25) is 9.97 Å². The number of pyridine rings is 2. The van der Waals surface area contributed by atoms with Crippen LogP contribution in [0.1, 0.15) is 108 Å². The maximum Gasteiger partial charge on any atom is 0.353 e. The highest BCUT2D eigenvalue weighted by Gasteiger charge is 2.25. The first-order chi connectivity index (χ1) is 22.9. The van der Waals surface area contributed by atoms with E-state index in [9.17, 15) is 17.6 Å². The highest BCUT2D eigenvalue weighted by Crippen LogP contribution is 2.39. The molecule has 8 heteroatoms. The van der Waals surface area contributed by atoms with Crippen molar-refractivity contribution in [3.05, 3.63) is 108 Å². The second-order valence-corrected chi connectivity index (χ2v) is 11.7. The van der Waals surface area contributed by atoms with Crippen LogP contribution in [0, 0.1) is 6.92 Å². The Bertz CT molecular complexity index is 1460. The molecule has 0 aliphatic heterocycles. The average molecular weight is 669 g/mol. The van der Waals surface area contributed by atoms with E-state index in [1.165, 1.54) is 38.5 Å². The molecular weight excluding hydrogens is 616 g/mol. The molecule has 0 atom stereocenters. The van der Waals surface area contributed by atoms with E-state index in [0.717, 1.165) is 58.5 Å². The van der Waals surface area contributed by atoms with Crippen LogP contribution in [-0.2, 0) is 22.7 Å². The van der Waals surface area contributed by atoms with Crippen molar-refractivity contribution in [1.29, 1.82) is 0 Å². The van der Waals surface area contributed by atoms with E-state index in [0.29, 0.717) is 5.92 Å². The van der Waals surface area contributed by atoms with Gasteiger partial charge in [0.2, 0.25) is 0 Å². The molecule has 1 fully saturated rings. The monoisotopic (exact) mass is 668 g/mol. The molecule has 262 valence electrons. The minimum atomic E-state index is -3.13.